The number of aliphatic imine (C=N–C) groups is 1. The van der Waals surface area contributed by atoms with E-state index in [1.54, 1.807) is 7.11 Å². The predicted molar refractivity (Wildman–Crippen MR) is 125 cm³/mol. The highest BCUT2D eigenvalue weighted by Gasteiger charge is 2.29. The van der Waals surface area contributed by atoms with E-state index in [0.717, 1.165) is 41.7 Å². The van der Waals surface area contributed by atoms with E-state index in [4.69, 9.17) is 15.2 Å². The number of methoxy groups -OCH3 is 1. The highest BCUT2D eigenvalue weighted by molar-refractivity contribution is 14.1. The second-order valence-electron chi connectivity index (χ2n) is 6.90. The van der Waals surface area contributed by atoms with Crippen LogP contribution in [0, 0.1) is 0 Å². The van der Waals surface area contributed by atoms with E-state index >= 15 is 0 Å². The topological polar surface area (TPSA) is 85.9 Å². The number of anilines is 2. The Morgan fingerprint density at radius 1 is 1.23 bits per heavy atom. The Bertz CT molecular complexity index is 1090. The van der Waals surface area contributed by atoms with Gasteiger partial charge in [-0.2, -0.15) is 4.39 Å². The van der Waals surface area contributed by atoms with Gasteiger partial charge in [0.05, 0.1) is 13.2 Å². The first-order valence-corrected chi connectivity index (χ1v) is 10.6. The third-order valence-corrected chi connectivity index (χ3v) is 5.41. The Kier molecular flexibility index (Phi) is 6.16. The number of aromatic nitrogens is 2. The molecule has 1 atom stereocenters. The Labute approximate surface area is 187 Å². The molecule has 0 saturated carbocycles. The number of rotatable bonds is 6. The smallest absolute Gasteiger partial charge is 0.250 e. The standard InChI is InChI=1S/C21H21FIN5O2/c1-29-16-8-9-17(15-7-3-2-6-14(15)16)30-11-13-5-4-10-28(13)20-18(27-21(22)23)19(24)25-12-26-20/h2-3,6-9,12-13H,4-5,10-11H2,1H3,(H2,24,25,26)/b27-21-/t13-/m1/s1. The fourth-order valence-electron chi connectivity index (χ4n) is 3.81. The van der Waals surface area contributed by atoms with Gasteiger partial charge >= 0.3 is 0 Å². The molecule has 2 heterocycles. The molecule has 9 heteroatoms. The van der Waals surface area contributed by atoms with Crippen LogP contribution >= 0.6 is 22.6 Å². The zero-order chi connectivity index (χ0) is 21.1. The zero-order valence-corrected chi connectivity index (χ0v) is 18.5. The summed E-state index contributed by atoms with van der Waals surface area (Å²) in [6, 6.07) is 11.9. The van der Waals surface area contributed by atoms with Crippen LogP contribution in [0.4, 0.5) is 21.7 Å². The molecule has 0 radical (unpaired) electrons. The first-order chi connectivity index (χ1) is 14.6. The molecule has 0 spiro atoms. The molecule has 0 bridgehead atoms. The summed E-state index contributed by atoms with van der Waals surface area (Å²) in [4.78, 5) is 14.3. The van der Waals surface area contributed by atoms with Crippen LogP contribution in [0.2, 0.25) is 0 Å². The molecular formula is C21H21FIN5O2. The van der Waals surface area contributed by atoms with Gasteiger partial charge in [0, 0.05) is 39.9 Å². The third-order valence-electron chi connectivity index (χ3n) is 5.17. The van der Waals surface area contributed by atoms with Crippen LogP contribution in [0.3, 0.4) is 0 Å². The van der Waals surface area contributed by atoms with Gasteiger partial charge < -0.3 is 20.1 Å². The summed E-state index contributed by atoms with van der Waals surface area (Å²) in [5.41, 5.74) is 6.20. The van der Waals surface area contributed by atoms with Crippen molar-refractivity contribution in [3.8, 4) is 11.5 Å². The quantitative estimate of drug-likeness (QED) is 0.375. The molecule has 1 aliphatic rings. The second kappa shape index (κ2) is 8.99. The third kappa shape index (κ3) is 4.11. The Hall–Kier alpha value is -2.69. The normalized spacial score (nSPS) is 16.8. The number of nitrogens with zero attached hydrogens (tertiary/aromatic N) is 4. The van der Waals surface area contributed by atoms with Crippen molar-refractivity contribution < 1.29 is 13.9 Å². The van der Waals surface area contributed by atoms with Gasteiger partial charge in [-0.3, -0.25) is 0 Å². The Morgan fingerprint density at radius 2 is 1.97 bits per heavy atom. The van der Waals surface area contributed by atoms with Crippen LogP contribution in [-0.2, 0) is 0 Å². The number of nitrogens with two attached hydrogens (primary N) is 1. The second-order valence-corrected chi connectivity index (χ2v) is 7.79. The maximum Gasteiger partial charge on any atom is 0.250 e. The van der Waals surface area contributed by atoms with Gasteiger partial charge in [-0.25, -0.2) is 15.0 Å². The molecule has 2 aromatic carbocycles. The Balaban J connectivity index is 1.59. The lowest BCUT2D eigenvalue weighted by Gasteiger charge is -2.27. The summed E-state index contributed by atoms with van der Waals surface area (Å²) in [6.07, 6.45) is 3.27. The molecule has 1 aliphatic heterocycles. The molecule has 0 amide bonds. The number of hydrogen-bond acceptors (Lipinski definition) is 7. The van der Waals surface area contributed by atoms with Gasteiger partial charge in [-0.15, -0.1) is 0 Å². The van der Waals surface area contributed by atoms with Gasteiger partial charge in [-0.1, -0.05) is 24.3 Å². The van der Waals surface area contributed by atoms with Crippen LogP contribution in [0.15, 0.2) is 47.7 Å². The van der Waals surface area contributed by atoms with Crippen LogP contribution in [0.1, 0.15) is 12.8 Å². The average molecular weight is 521 g/mol. The summed E-state index contributed by atoms with van der Waals surface area (Å²) in [6.45, 7) is 1.22. The summed E-state index contributed by atoms with van der Waals surface area (Å²) in [5.74, 6) is 2.27. The van der Waals surface area contributed by atoms with Gasteiger partial charge in [0.25, 0.3) is 3.97 Å². The van der Waals surface area contributed by atoms with Crippen LogP contribution in [0.5, 0.6) is 11.5 Å². The summed E-state index contributed by atoms with van der Waals surface area (Å²) in [5, 5.41) is 1.99. The largest absolute Gasteiger partial charge is 0.496 e. The first kappa shape index (κ1) is 20.6. The van der Waals surface area contributed by atoms with E-state index in [1.165, 1.54) is 28.9 Å². The highest BCUT2D eigenvalue weighted by Crippen LogP contribution is 2.37. The highest BCUT2D eigenvalue weighted by atomic mass is 127. The minimum Gasteiger partial charge on any atom is -0.496 e. The van der Waals surface area contributed by atoms with Crippen molar-refractivity contribution in [3.63, 3.8) is 0 Å². The van der Waals surface area contributed by atoms with Crippen LogP contribution in [0.25, 0.3) is 10.8 Å². The minimum atomic E-state index is -0.618. The first-order valence-electron chi connectivity index (χ1n) is 9.54. The summed E-state index contributed by atoms with van der Waals surface area (Å²) in [7, 11) is 1.66. The van der Waals surface area contributed by atoms with E-state index < -0.39 is 3.97 Å². The number of nitrogen functional groups attached to an aromatic ring is 1. The molecular weight excluding hydrogens is 500 g/mol. The van der Waals surface area contributed by atoms with E-state index in [0.29, 0.717) is 12.4 Å². The molecule has 1 saturated heterocycles. The van der Waals surface area contributed by atoms with E-state index in [9.17, 15) is 4.39 Å². The number of benzene rings is 2. The fraction of sp³-hybridized carbons (Fsp3) is 0.286. The average Bonchev–Trinajstić information content (AvgIpc) is 3.21. The monoisotopic (exact) mass is 521 g/mol. The van der Waals surface area contributed by atoms with Crippen molar-refractivity contribution in [3.05, 3.63) is 42.7 Å². The maximum atomic E-state index is 13.5. The number of halogens is 2. The Morgan fingerprint density at radius 3 is 2.70 bits per heavy atom. The number of hydrogen-bond donors (Lipinski definition) is 1. The molecule has 156 valence electrons. The van der Waals surface area contributed by atoms with Crippen molar-refractivity contribution >= 4 is 54.7 Å². The van der Waals surface area contributed by atoms with E-state index in [1.807, 2.05) is 36.4 Å². The molecule has 1 fully saturated rings. The predicted octanol–water partition coefficient (Wildman–Crippen LogP) is 4.66. The van der Waals surface area contributed by atoms with Gasteiger partial charge in [-0.05, 0) is 25.0 Å². The summed E-state index contributed by atoms with van der Waals surface area (Å²) < 4.78 is 24.5. The molecule has 0 unspecified atom stereocenters. The maximum absolute atomic E-state index is 13.5. The van der Waals surface area contributed by atoms with Crippen molar-refractivity contribution in [1.82, 2.24) is 9.97 Å². The van der Waals surface area contributed by atoms with E-state index in [2.05, 4.69) is 19.9 Å². The molecule has 7 nitrogen and oxygen atoms in total. The van der Waals surface area contributed by atoms with Crippen molar-refractivity contribution in [1.29, 1.82) is 0 Å². The van der Waals surface area contributed by atoms with Crippen molar-refractivity contribution in [2.75, 3.05) is 30.9 Å². The number of fused-ring (bicyclic) bond motifs is 1. The SMILES string of the molecule is COc1ccc(OC[C@H]2CCCN2c2ncnc(N)c2/N=C(/F)I)c2ccccc12. The molecule has 1 aromatic heterocycles. The van der Waals surface area contributed by atoms with Crippen molar-refractivity contribution in [2.45, 2.75) is 18.9 Å². The lowest BCUT2D eigenvalue weighted by Crippen LogP contribution is -2.35. The van der Waals surface area contributed by atoms with Gasteiger partial charge in [0.1, 0.15) is 24.4 Å². The van der Waals surface area contributed by atoms with Crippen LogP contribution in [-0.4, -0.2) is 40.2 Å². The minimum absolute atomic E-state index is 0.0615. The van der Waals surface area contributed by atoms with Gasteiger partial charge in [0.15, 0.2) is 17.3 Å². The molecule has 3 aromatic rings. The summed E-state index contributed by atoms with van der Waals surface area (Å²) >= 11 is 1.50. The fourth-order valence-corrected chi connectivity index (χ4v) is 4.05. The molecule has 30 heavy (non-hydrogen) atoms. The molecule has 2 N–H and O–H groups in total. The lowest BCUT2D eigenvalue weighted by atomic mass is 10.1. The van der Waals surface area contributed by atoms with Crippen LogP contribution < -0.4 is 20.1 Å². The van der Waals surface area contributed by atoms with Gasteiger partial charge in [0.2, 0.25) is 0 Å². The lowest BCUT2D eigenvalue weighted by molar-refractivity contribution is 0.291. The zero-order valence-electron chi connectivity index (χ0n) is 16.4. The number of ether oxygens (including phenoxy) is 2. The van der Waals surface area contributed by atoms with Crippen molar-refractivity contribution in [2.24, 2.45) is 4.99 Å². The molecule has 4 rings (SSSR count). The van der Waals surface area contributed by atoms with E-state index in [-0.39, 0.29) is 17.5 Å². The molecule has 0 aliphatic carbocycles.